The average molecular weight is 345 g/mol. The van der Waals surface area contributed by atoms with Gasteiger partial charge in [0.25, 0.3) is 0 Å². The van der Waals surface area contributed by atoms with Crippen molar-refractivity contribution in [3.05, 3.63) is 11.1 Å². The zero-order valence-corrected chi connectivity index (χ0v) is 16.9. The highest BCUT2D eigenvalue weighted by Gasteiger charge is 2.54. The summed E-state index contributed by atoms with van der Waals surface area (Å²) in [7, 11) is 0. The number of rotatable bonds is 4. The predicted octanol–water partition coefficient (Wildman–Crippen LogP) is 6.51. The Labute approximate surface area is 155 Å². The smallest absolute Gasteiger partial charge is 0.0431 e. The van der Waals surface area contributed by atoms with Crippen molar-refractivity contribution in [2.24, 2.45) is 34.5 Å². The standard InChI is InChI=1S/C24H40O/c1-17(7-6-16-25)20-11-12-21-19-10-9-18-8-4-5-14-23(18,2)22(19)13-15-24(20,21)3/h17-18,20,22,25H,4-16H2,1-3H3/t17-,18+,20-,22+,23+,24-/m1/s1. The van der Waals surface area contributed by atoms with Crippen LogP contribution in [0.1, 0.15) is 97.8 Å². The van der Waals surface area contributed by atoms with Crippen LogP contribution in [-0.2, 0) is 0 Å². The molecule has 0 heterocycles. The van der Waals surface area contributed by atoms with Crippen molar-refractivity contribution in [3.8, 4) is 0 Å². The van der Waals surface area contributed by atoms with Gasteiger partial charge in [-0.3, -0.25) is 0 Å². The number of hydrogen-bond donors (Lipinski definition) is 1. The minimum Gasteiger partial charge on any atom is -0.396 e. The molecule has 4 aliphatic carbocycles. The second-order valence-corrected chi connectivity index (χ2v) is 10.5. The Balaban J connectivity index is 1.62. The Hall–Kier alpha value is -0.300. The van der Waals surface area contributed by atoms with E-state index in [0.29, 0.717) is 17.4 Å². The van der Waals surface area contributed by atoms with Crippen molar-refractivity contribution in [2.75, 3.05) is 6.61 Å². The second-order valence-electron chi connectivity index (χ2n) is 10.5. The molecule has 0 spiro atoms. The number of aliphatic hydroxyl groups is 1. The van der Waals surface area contributed by atoms with E-state index in [1.807, 2.05) is 11.1 Å². The monoisotopic (exact) mass is 344 g/mol. The lowest BCUT2D eigenvalue weighted by Crippen LogP contribution is -2.46. The molecular formula is C24H40O. The summed E-state index contributed by atoms with van der Waals surface area (Å²) < 4.78 is 0. The predicted molar refractivity (Wildman–Crippen MR) is 105 cm³/mol. The lowest BCUT2D eigenvalue weighted by molar-refractivity contribution is 0.00924. The van der Waals surface area contributed by atoms with Gasteiger partial charge >= 0.3 is 0 Å². The molecule has 0 saturated heterocycles. The molecule has 3 saturated carbocycles. The summed E-state index contributed by atoms with van der Waals surface area (Å²) in [6.07, 6.45) is 16.8. The molecule has 0 aromatic carbocycles. The van der Waals surface area contributed by atoms with Gasteiger partial charge in [0.2, 0.25) is 0 Å². The normalized spacial score (nSPS) is 44.9. The molecule has 0 radical (unpaired) electrons. The molecule has 0 unspecified atom stereocenters. The van der Waals surface area contributed by atoms with E-state index in [-0.39, 0.29) is 0 Å². The van der Waals surface area contributed by atoms with Crippen molar-refractivity contribution in [3.63, 3.8) is 0 Å². The molecule has 1 heteroatoms. The largest absolute Gasteiger partial charge is 0.396 e. The summed E-state index contributed by atoms with van der Waals surface area (Å²) in [5.41, 5.74) is 4.99. The first-order valence-electron chi connectivity index (χ1n) is 11.3. The van der Waals surface area contributed by atoms with Gasteiger partial charge in [0.1, 0.15) is 0 Å². The first-order chi connectivity index (χ1) is 12.0. The Bertz CT molecular complexity index is 534. The highest BCUT2D eigenvalue weighted by atomic mass is 16.2. The van der Waals surface area contributed by atoms with Crippen LogP contribution in [-0.4, -0.2) is 11.7 Å². The van der Waals surface area contributed by atoms with Gasteiger partial charge < -0.3 is 5.11 Å². The zero-order valence-electron chi connectivity index (χ0n) is 16.9. The van der Waals surface area contributed by atoms with Gasteiger partial charge in [0.15, 0.2) is 0 Å². The summed E-state index contributed by atoms with van der Waals surface area (Å²) in [5, 5.41) is 9.24. The highest BCUT2D eigenvalue weighted by Crippen LogP contribution is 2.65. The maximum Gasteiger partial charge on any atom is 0.0431 e. The Morgan fingerprint density at radius 1 is 1.04 bits per heavy atom. The number of hydrogen-bond acceptors (Lipinski definition) is 1. The summed E-state index contributed by atoms with van der Waals surface area (Å²) >= 11 is 0. The van der Waals surface area contributed by atoms with Crippen LogP contribution < -0.4 is 0 Å². The third-order valence-corrected chi connectivity index (χ3v) is 9.49. The van der Waals surface area contributed by atoms with Gasteiger partial charge in [-0.2, -0.15) is 0 Å². The molecule has 0 aromatic heterocycles. The average Bonchev–Trinajstić information content (AvgIpc) is 2.96. The first kappa shape index (κ1) is 18.1. The van der Waals surface area contributed by atoms with Gasteiger partial charge in [-0.25, -0.2) is 0 Å². The quantitative estimate of drug-likeness (QED) is 0.576. The van der Waals surface area contributed by atoms with E-state index in [9.17, 15) is 5.11 Å². The van der Waals surface area contributed by atoms with E-state index in [4.69, 9.17) is 0 Å². The Morgan fingerprint density at radius 2 is 1.88 bits per heavy atom. The molecule has 0 amide bonds. The molecule has 4 rings (SSSR count). The summed E-state index contributed by atoms with van der Waals surface area (Å²) in [5.74, 6) is 3.56. The first-order valence-corrected chi connectivity index (χ1v) is 11.3. The van der Waals surface area contributed by atoms with E-state index in [0.717, 1.165) is 30.1 Å². The number of fused-ring (bicyclic) bond motifs is 4. The SMILES string of the molecule is C[C@H](CCCO)[C@H]1CCC2=C3CC[C@@H]4CCCC[C@]4(C)[C@H]3CC[C@@]21C. The fraction of sp³-hybridized carbons (Fsp3) is 0.917. The van der Waals surface area contributed by atoms with Crippen LogP contribution in [0.15, 0.2) is 11.1 Å². The molecule has 4 aliphatic rings. The summed E-state index contributed by atoms with van der Waals surface area (Å²) in [6, 6.07) is 0. The van der Waals surface area contributed by atoms with Gasteiger partial charge in [-0.15, -0.1) is 0 Å². The summed E-state index contributed by atoms with van der Waals surface area (Å²) in [4.78, 5) is 0. The molecule has 3 fully saturated rings. The van der Waals surface area contributed by atoms with E-state index in [1.165, 1.54) is 70.6 Å². The maximum atomic E-state index is 9.24. The summed E-state index contributed by atoms with van der Waals surface area (Å²) in [6.45, 7) is 8.11. The van der Waals surface area contributed by atoms with Crippen LogP contribution in [0.4, 0.5) is 0 Å². The van der Waals surface area contributed by atoms with Crippen molar-refractivity contribution < 1.29 is 5.11 Å². The van der Waals surface area contributed by atoms with Crippen LogP contribution in [0.3, 0.4) is 0 Å². The molecule has 142 valence electrons. The third-order valence-electron chi connectivity index (χ3n) is 9.49. The fourth-order valence-electron chi connectivity index (χ4n) is 8.09. The van der Waals surface area contributed by atoms with Crippen LogP contribution in [0.25, 0.3) is 0 Å². The molecule has 1 N–H and O–H groups in total. The van der Waals surface area contributed by atoms with E-state index >= 15 is 0 Å². The van der Waals surface area contributed by atoms with E-state index < -0.39 is 0 Å². The molecule has 25 heavy (non-hydrogen) atoms. The Kier molecular flexibility index (Phi) is 4.84. The molecule has 0 aromatic rings. The van der Waals surface area contributed by atoms with E-state index in [2.05, 4.69) is 20.8 Å². The molecular weight excluding hydrogens is 304 g/mol. The minimum absolute atomic E-state index is 0.365. The Morgan fingerprint density at radius 3 is 2.68 bits per heavy atom. The third kappa shape index (κ3) is 2.75. The number of allylic oxidation sites excluding steroid dienone is 2. The molecule has 0 aliphatic heterocycles. The second kappa shape index (κ2) is 6.70. The molecule has 6 atom stereocenters. The minimum atomic E-state index is 0.365. The zero-order chi connectivity index (χ0) is 17.7. The van der Waals surface area contributed by atoms with Crippen molar-refractivity contribution >= 4 is 0 Å². The van der Waals surface area contributed by atoms with Crippen molar-refractivity contribution in [2.45, 2.75) is 97.8 Å². The highest BCUT2D eigenvalue weighted by molar-refractivity contribution is 5.34. The van der Waals surface area contributed by atoms with Crippen LogP contribution >= 0.6 is 0 Å². The lowest BCUT2D eigenvalue weighted by atomic mass is 9.49. The molecule has 0 bridgehead atoms. The van der Waals surface area contributed by atoms with Gasteiger partial charge in [-0.05, 0) is 98.7 Å². The van der Waals surface area contributed by atoms with Crippen LogP contribution in [0.2, 0.25) is 0 Å². The molecule has 1 nitrogen and oxygen atoms in total. The number of aliphatic hydroxyl groups excluding tert-OH is 1. The van der Waals surface area contributed by atoms with Gasteiger partial charge in [0.05, 0.1) is 0 Å². The van der Waals surface area contributed by atoms with Crippen LogP contribution in [0, 0.1) is 34.5 Å². The lowest BCUT2D eigenvalue weighted by Gasteiger charge is -2.56. The maximum absolute atomic E-state index is 9.24. The topological polar surface area (TPSA) is 20.2 Å². The van der Waals surface area contributed by atoms with Crippen molar-refractivity contribution in [1.29, 1.82) is 0 Å². The fourth-order valence-corrected chi connectivity index (χ4v) is 8.09. The van der Waals surface area contributed by atoms with Crippen molar-refractivity contribution in [1.82, 2.24) is 0 Å². The van der Waals surface area contributed by atoms with E-state index in [1.54, 1.807) is 0 Å². The van der Waals surface area contributed by atoms with Gasteiger partial charge in [0, 0.05) is 6.61 Å². The van der Waals surface area contributed by atoms with Crippen LogP contribution in [0.5, 0.6) is 0 Å². The van der Waals surface area contributed by atoms with Gasteiger partial charge in [-0.1, -0.05) is 44.8 Å².